The molecule has 1 amide bonds. The molecule has 1 atom stereocenters. The van der Waals surface area contributed by atoms with Crippen LogP contribution in [0.4, 0.5) is 10.6 Å². The molecule has 1 aromatic rings. The number of benzene rings is 1. The molecule has 1 unspecified atom stereocenters. The number of anilines is 1. The molecule has 4 nitrogen and oxygen atoms in total. The summed E-state index contributed by atoms with van der Waals surface area (Å²) >= 11 is 0. The van der Waals surface area contributed by atoms with Crippen molar-refractivity contribution in [1.29, 1.82) is 0 Å². The van der Waals surface area contributed by atoms with Crippen LogP contribution in [0.15, 0.2) is 54.4 Å². The molecule has 1 aliphatic heterocycles. The second-order valence-electron chi connectivity index (χ2n) is 5.92. The summed E-state index contributed by atoms with van der Waals surface area (Å²) in [6, 6.07) is 12.0. The first-order valence-corrected chi connectivity index (χ1v) is 7.97. The predicted molar refractivity (Wildman–Crippen MR) is 92.2 cm³/mol. The number of cyclic esters (lactones) is 1. The van der Waals surface area contributed by atoms with E-state index in [2.05, 4.69) is 41.2 Å². The molecule has 0 bridgehead atoms. The molecular formula is C20H16N2O2. The van der Waals surface area contributed by atoms with E-state index in [9.17, 15) is 4.79 Å². The van der Waals surface area contributed by atoms with Gasteiger partial charge in [0.2, 0.25) is 0 Å². The van der Waals surface area contributed by atoms with E-state index in [1.54, 1.807) is 18.3 Å². The molecule has 0 aromatic carbocycles. The molecule has 4 heteroatoms. The van der Waals surface area contributed by atoms with Crippen LogP contribution in [0.5, 0.6) is 0 Å². The van der Waals surface area contributed by atoms with E-state index in [4.69, 9.17) is 11.2 Å². The van der Waals surface area contributed by atoms with Crippen molar-refractivity contribution >= 4 is 11.9 Å². The zero-order chi connectivity index (χ0) is 16.5. The monoisotopic (exact) mass is 316 g/mol. The van der Waals surface area contributed by atoms with Crippen molar-refractivity contribution in [3.63, 3.8) is 0 Å². The van der Waals surface area contributed by atoms with Crippen LogP contribution in [0, 0.1) is 18.3 Å². The maximum atomic E-state index is 12.0. The summed E-state index contributed by atoms with van der Waals surface area (Å²) in [5.41, 5.74) is 4.43. The number of aromatic nitrogens is 1. The number of nitrogens with zero attached hydrogens (tertiary/aromatic N) is 2. The van der Waals surface area contributed by atoms with Gasteiger partial charge in [0, 0.05) is 17.8 Å². The Morgan fingerprint density at radius 3 is 2.75 bits per heavy atom. The Hall–Kier alpha value is -3.06. The molecule has 1 aromatic heterocycles. The Morgan fingerprint density at radius 2 is 2.08 bits per heavy atom. The van der Waals surface area contributed by atoms with E-state index < -0.39 is 6.09 Å². The quantitative estimate of drug-likeness (QED) is 0.638. The number of hydrogen-bond donors (Lipinski definition) is 0. The van der Waals surface area contributed by atoms with Crippen molar-refractivity contribution in [2.45, 2.75) is 12.8 Å². The normalized spacial score (nSPS) is 19.3. The van der Waals surface area contributed by atoms with Crippen LogP contribution in [0.25, 0.3) is 11.1 Å². The molecular weight excluding hydrogens is 300 g/mol. The molecule has 0 N–H and O–H groups in total. The minimum absolute atomic E-state index is 0.273. The van der Waals surface area contributed by atoms with Gasteiger partial charge in [0.05, 0.1) is 5.56 Å². The smallest absolute Gasteiger partial charge is 0.419 e. The van der Waals surface area contributed by atoms with E-state index in [0.717, 1.165) is 18.5 Å². The van der Waals surface area contributed by atoms with E-state index in [-0.39, 0.29) is 5.92 Å². The van der Waals surface area contributed by atoms with Crippen molar-refractivity contribution in [3.05, 3.63) is 59.9 Å². The van der Waals surface area contributed by atoms with Crippen LogP contribution in [0.1, 0.15) is 18.4 Å². The van der Waals surface area contributed by atoms with Crippen LogP contribution < -0.4 is 4.90 Å². The highest BCUT2D eigenvalue weighted by molar-refractivity contribution is 5.92. The van der Waals surface area contributed by atoms with E-state index in [1.165, 1.54) is 16.0 Å². The highest BCUT2D eigenvalue weighted by Crippen LogP contribution is 2.36. The largest absolute Gasteiger partial charge is 0.448 e. The number of amides is 1. The van der Waals surface area contributed by atoms with E-state index in [1.807, 2.05) is 0 Å². The van der Waals surface area contributed by atoms with Gasteiger partial charge in [-0.25, -0.2) is 14.7 Å². The van der Waals surface area contributed by atoms with Gasteiger partial charge in [0.25, 0.3) is 0 Å². The Bertz CT molecular complexity index is 862. The summed E-state index contributed by atoms with van der Waals surface area (Å²) in [7, 11) is 0. The molecule has 24 heavy (non-hydrogen) atoms. The first-order chi connectivity index (χ1) is 11.8. The van der Waals surface area contributed by atoms with Crippen molar-refractivity contribution in [2.24, 2.45) is 5.92 Å². The molecule has 1 fully saturated rings. The Morgan fingerprint density at radius 1 is 1.25 bits per heavy atom. The Balaban J connectivity index is 0.000000201. The Kier molecular flexibility index (Phi) is 3.55. The first kappa shape index (κ1) is 14.5. The van der Waals surface area contributed by atoms with Crippen molar-refractivity contribution in [3.8, 4) is 23.5 Å². The summed E-state index contributed by atoms with van der Waals surface area (Å²) in [4.78, 5) is 17.7. The lowest BCUT2D eigenvalue weighted by molar-refractivity contribution is 0.127. The van der Waals surface area contributed by atoms with Gasteiger partial charge in [-0.15, -0.1) is 6.42 Å². The van der Waals surface area contributed by atoms with Crippen molar-refractivity contribution in [2.75, 3.05) is 11.5 Å². The number of rotatable bonds is 1. The van der Waals surface area contributed by atoms with Crippen LogP contribution in [-0.2, 0) is 4.74 Å². The van der Waals surface area contributed by atoms with Crippen LogP contribution in [0.2, 0.25) is 0 Å². The highest BCUT2D eigenvalue weighted by Gasteiger charge is 2.37. The lowest BCUT2D eigenvalue weighted by Crippen LogP contribution is -2.40. The highest BCUT2D eigenvalue weighted by atomic mass is 16.6. The Labute approximate surface area is 140 Å². The SMILES string of the molecule is C#Cc1cccnc1N1C(=O)OCC2CCC=C21.c1cc2cc-2c1. The number of ether oxygens (including phenoxy) is 1. The van der Waals surface area contributed by atoms with Gasteiger partial charge in [-0.2, -0.15) is 0 Å². The van der Waals surface area contributed by atoms with Gasteiger partial charge >= 0.3 is 6.09 Å². The summed E-state index contributed by atoms with van der Waals surface area (Å²) < 4.78 is 5.20. The van der Waals surface area contributed by atoms with Crippen LogP contribution >= 0.6 is 0 Å². The number of pyridine rings is 1. The van der Waals surface area contributed by atoms with Gasteiger partial charge < -0.3 is 4.74 Å². The molecule has 1 saturated heterocycles. The summed E-state index contributed by atoms with van der Waals surface area (Å²) in [5, 5.41) is 0. The van der Waals surface area contributed by atoms with Crippen molar-refractivity contribution < 1.29 is 9.53 Å². The predicted octanol–water partition coefficient (Wildman–Crippen LogP) is 3.98. The molecule has 5 rings (SSSR count). The zero-order valence-electron chi connectivity index (χ0n) is 13.1. The lowest BCUT2D eigenvalue weighted by atomic mass is 10.1. The molecule has 0 spiro atoms. The number of hydrogen-bond acceptors (Lipinski definition) is 3. The van der Waals surface area contributed by atoms with E-state index in [0.29, 0.717) is 18.0 Å². The fourth-order valence-corrected chi connectivity index (χ4v) is 3.10. The van der Waals surface area contributed by atoms with Crippen LogP contribution in [0.3, 0.4) is 0 Å². The third kappa shape index (κ3) is 2.55. The van der Waals surface area contributed by atoms with Crippen LogP contribution in [-0.4, -0.2) is 17.7 Å². The maximum absolute atomic E-state index is 12.0. The zero-order valence-corrected chi connectivity index (χ0v) is 13.1. The van der Waals surface area contributed by atoms with E-state index >= 15 is 0 Å². The standard InChI is InChI=1S/C14H12N2O2.C6H4/c1-2-10-6-4-8-15-13(10)16-12-7-3-5-11(12)9-18-14(16)17;1-2-5-4-6(5)3-1/h1,4,6-8,11H,3,5,9H2;1-4H. The minimum Gasteiger partial charge on any atom is -0.448 e. The molecule has 0 saturated carbocycles. The number of fused-ring (bicyclic) bond motifs is 2. The number of terminal acetylenes is 1. The third-order valence-electron chi connectivity index (χ3n) is 4.40. The van der Waals surface area contributed by atoms with Crippen molar-refractivity contribution in [1.82, 2.24) is 4.98 Å². The van der Waals surface area contributed by atoms with Gasteiger partial charge in [0.1, 0.15) is 6.61 Å². The van der Waals surface area contributed by atoms with Gasteiger partial charge in [-0.05, 0) is 42.2 Å². The average molecular weight is 316 g/mol. The molecule has 118 valence electrons. The molecule has 3 aliphatic carbocycles. The fourth-order valence-electron chi connectivity index (χ4n) is 3.10. The second kappa shape index (κ2) is 5.86. The fraction of sp³-hybridized carbons (Fsp3) is 0.200. The maximum Gasteiger partial charge on any atom is 0.419 e. The molecule has 4 aliphatic rings. The topological polar surface area (TPSA) is 42.4 Å². The molecule has 2 heterocycles. The number of carbonyl (C=O) groups excluding carboxylic acids is 1. The van der Waals surface area contributed by atoms with Gasteiger partial charge in [0.15, 0.2) is 5.82 Å². The average Bonchev–Trinajstić information content (AvgIpc) is 3.00. The van der Waals surface area contributed by atoms with Gasteiger partial charge in [-0.1, -0.05) is 30.2 Å². The minimum atomic E-state index is -0.394. The first-order valence-electron chi connectivity index (χ1n) is 7.97. The summed E-state index contributed by atoms with van der Waals surface area (Å²) in [6.07, 6.45) is 10.7. The van der Waals surface area contributed by atoms with Gasteiger partial charge in [-0.3, -0.25) is 0 Å². The second-order valence-corrected chi connectivity index (χ2v) is 5.92. The molecule has 0 radical (unpaired) electrons. The summed E-state index contributed by atoms with van der Waals surface area (Å²) in [5.74, 6) is 3.32. The summed E-state index contributed by atoms with van der Waals surface area (Å²) in [6.45, 7) is 0.458. The third-order valence-corrected chi connectivity index (χ3v) is 4.40. The lowest BCUT2D eigenvalue weighted by Gasteiger charge is -2.32. The number of carbonyl (C=O) groups is 1. The number of allylic oxidation sites excluding steroid dienone is 1.